The molecule has 0 bridgehead atoms. The molecule has 0 spiro atoms. The highest BCUT2D eigenvalue weighted by atomic mass is 19.1. The van der Waals surface area contributed by atoms with Gasteiger partial charge in [0, 0.05) is 19.2 Å². The van der Waals surface area contributed by atoms with Crippen LogP contribution in [0.2, 0.25) is 0 Å². The maximum atomic E-state index is 13.5. The van der Waals surface area contributed by atoms with Crippen LogP contribution < -0.4 is 16.0 Å². The molecule has 0 unspecified atom stereocenters. The van der Waals surface area contributed by atoms with Gasteiger partial charge in [-0.15, -0.1) is 0 Å². The summed E-state index contributed by atoms with van der Waals surface area (Å²) in [4.78, 5) is 22.8. The highest BCUT2D eigenvalue weighted by molar-refractivity contribution is 5.89. The van der Waals surface area contributed by atoms with E-state index in [4.69, 9.17) is 0 Å². The Morgan fingerprint density at radius 3 is 2.44 bits per heavy atom. The van der Waals surface area contributed by atoms with Crippen LogP contribution in [0.25, 0.3) is 0 Å². The van der Waals surface area contributed by atoms with Gasteiger partial charge in [-0.25, -0.2) is 8.78 Å². The predicted octanol–water partition coefficient (Wildman–Crippen LogP) is 2.69. The summed E-state index contributed by atoms with van der Waals surface area (Å²) in [6.07, 6.45) is 0.593. The molecule has 0 aliphatic heterocycles. The monoisotopic (exact) mass is 347 g/mol. The van der Waals surface area contributed by atoms with Gasteiger partial charge in [0.25, 0.3) is 0 Å². The zero-order valence-corrected chi connectivity index (χ0v) is 13.7. The van der Waals surface area contributed by atoms with Crippen molar-refractivity contribution in [2.24, 2.45) is 0 Å². The lowest BCUT2D eigenvalue weighted by Crippen LogP contribution is -2.31. The Labute approximate surface area is 144 Å². The molecule has 25 heavy (non-hydrogen) atoms. The Hall–Kier alpha value is -2.96. The standard InChI is InChI=1S/C18H19F2N3O2/c1-12(24)23-17-10-15(6-7-16(17)20)22-11-18(25)21-9-8-13-2-4-14(19)5-3-13/h2-7,10,22H,8-9,11H2,1H3,(H,21,25)(H,23,24). The van der Waals surface area contributed by atoms with E-state index in [0.29, 0.717) is 18.7 Å². The van der Waals surface area contributed by atoms with Crippen molar-refractivity contribution in [3.8, 4) is 0 Å². The molecule has 7 heteroatoms. The minimum absolute atomic E-state index is 0.00849. The van der Waals surface area contributed by atoms with Crippen LogP contribution in [-0.2, 0) is 16.0 Å². The van der Waals surface area contributed by atoms with Crippen molar-refractivity contribution >= 4 is 23.2 Å². The lowest BCUT2D eigenvalue weighted by molar-refractivity contribution is -0.119. The molecule has 0 saturated heterocycles. The Morgan fingerprint density at radius 1 is 1.04 bits per heavy atom. The van der Waals surface area contributed by atoms with E-state index in [1.807, 2.05) is 0 Å². The van der Waals surface area contributed by atoms with E-state index >= 15 is 0 Å². The molecule has 2 amide bonds. The van der Waals surface area contributed by atoms with Crippen molar-refractivity contribution in [1.82, 2.24) is 5.32 Å². The number of halogens is 2. The molecule has 0 aromatic heterocycles. The van der Waals surface area contributed by atoms with Gasteiger partial charge in [-0.2, -0.15) is 0 Å². The predicted molar refractivity (Wildman–Crippen MR) is 92.3 cm³/mol. The van der Waals surface area contributed by atoms with Crippen LogP contribution in [-0.4, -0.2) is 24.9 Å². The summed E-state index contributed by atoms with van der Waals surface area (Å²) in [6, 6.07) is 10.2. The molecule has 0 atom stereocenters. The van der Waals surface area contributed by atoms with Crippen molar-refractivity contribution in [2.45, 2.75) is 13.3 Å². The average Bonchev–Trinajstić information content (AvgIpc) is 2.57. The van der Waals surface area contributed by atoms with Gasteiger partial charge >= 0.3 is 0 Å². The first-order valence-electron chi connectivity index (χ1n) is 7.76. The van der Waals surface area contributed by atoms with Gasteiger partial charge < -0.3 is 16.0 Å². The summed E-state index contributed by atoms with van der Waals surface area (Å²) < 4.78 is 26.3. The minimum Gasteiger partial charge on any atom is -0.376 e. The van der Waals surface area contributed by atoms with Crippen molar-refractivity contribution < 1.29 is 18.4 Å². The molecule has 0 heterocycles. The van der Waals surface area contributed by atoms with Gasteiger partial charge in [-0.1, -0.05) is 12.1 Å². The Balaban J connectivity index is 1.77. The van der Waals surface area contributed by atoms with Crippen molar-refractivity contribution in [3.63, 3.8) is 0 Å². The fraction of sp³-hybridized carbons (Fsp3) is 0.222. The minimum atomic E-state index is -0.551. The highest BCUT2D eigenvalue weighted by Gasteiger charge is 2.06. The molecular formula is C18H19F2N3O2. The maximum Gasteiger partial charge on any atom is 0.239 e. The van der Waals surface area contributed by atoms with Crippen LogP contribution in [0.3, 0.4) is 0 Å². The van der Waals surface area contributed by atoms with Gasteiger partial charge in [0.1, 0.15) is 11.6 Å². The molecule has 132 valence electrons. The molecular weight excluding hydrogens is 328 g/mol. The quantitative estimate of drug-likeness (QED) is 0.721. The number of hydrogen-bond donors (Lipinski definition) is 3. The zero-order valence-electron chi connectivity index (χ0n) is 13.7. The number of benzene rings is 2. The highest BCUT2D eigenvalue weighted by Crippen LogP contribution is 2.19. The topological polar surface area (TPSA) is 70.2 Å². The second-order valence-corrected chi connectivity index (χ2v) is 5.46. The Kier molecular flexibility index (Phi) is 6.45. The fourth-order valence-electron chi connectivity index (χ4n) is 2.16. The third-order valence-electron chi connectivity index (χ3n) is 3.38. The SMILES string of the molecule is CC(=O)Nc1cc(NCC(=O)NCCc2ccc(F)cc2)ccc1F. The van der Waals surface area contributed by atoms with Crippen LogP contribution >= 0.6 is 0 Å². The van der Waals surface area contributed by atoms with Gasteiger partial charge in [0.15, 0.2) is 0 Å². The van der Waals surface area contributed by atoms with E-state index in [-0.39, 0.29) is 29.9 Å². The molecule has 0 aliphatic carbocycles. The lowest BCUT2D eigenvalue weighted by Gasteiger charge is -2.10. The normalized spacial score (nSPS) is 10.2. The molecule has 3 N–H and O–H groups in total. The summed E-state index contributed by atoms with van der Waals surface area (Å²) in [7, 11) is 0. The number of amides is 2. The molecule has 5 nitrogen and oxygen atoms in total. The summed E-state index contributed by atoms with van der Waals surface area (Å²) in [5, 5.41) is 7.97. The van der Waals surface area contributed by atoms with Crippen molar-refractivity contribution in [2.75, 3.05) is 23.7 Å². The molecule has 2 rings (SSSR count). The van der Waals surface area contributed by atoms with Crippen molar-refractivity contribution in [1.29, 1.82) is 0 Å². The third kappa shape index (κ3) is 6.21. The van der Waals surface area contributed by atoms with Crippen LogP contribution in [0, 0.1) is 11.6 Å². The third-order valence-corrected chi connectivity index (χ3v) is 3.38. The van der Waals surface area contributed by atoms with Gasteiger partial charge in [-0.3, -0.25) is 9.59 Å². The summed E-state index contributed by atoms with van der Waals surface area (Å²) >= 11 is 0. The summed E-state index contributed by atoms with van der Waals surface area (Å²) in [5.74, 6) is -1.46. The fourth-order valence-corrected chi connectivity index (χ4v) is 2.16. The van der Waals surface area contributed by atoms with E-state index < -0.39 is 5.82 Å². The van der Waals surface area contributed by atoms with Crippen LogP contribution in [0.4, 0.5) is 20.2 Å². The van der Waals surface area contributed by atoms with E-state index in [0.717, 1.165) is 5.56 Å². The van der Waals surface area contributed by atoms with Gasteiger partial charge in [0.2, 0.25) is 11.8 Å². The van der Waals surface area contributed by atoms with E-state index in [9.17, 15) is 18.4 Å². The first-order valence-corrected chi connectivity index (χ1v) is 7.76. The zero-order chi connectivity index (χ0) is 18.2. The van der Waals surface area contributed by atoms with Crippen LogP contribution in [0.1, 0.15) is 12.5 Å². The first kappa shape index (κ1) is 18.4. The molecule has 2 aromatic carbocycles. The molecule has 0 saturated carbocycles. The number of carbonyl (C=O) groups is 2. The maximum absolute atomic E-state index is 13.5. The number of rotatable bonds is 7. The molecule has 0 aliphatic rings. The number of anilines is 2. The van der Waals surface area contributed by atoms with Gasteiger partial charge in [-0.05, 0) is 42.3 Å². The molecule has 0 fully saturated rings. The number of hydrogen-bond acceptors (Lipinski definition) is 3. The van der Waals surface area contributed by atoms with E-state index in [1.165, 1.54) is 37.3 Å². The Bertz CT molecular complexity index is 748. The van der Waals surface area contributed by atoms with Crippen LogP contribution in [0.5, 0.6) is 0 Å². The summed E-state index contributed by atoms with van der Waals surface area (Å²) in [6.45, 7) is 1.72. The largest absolute Gasteiger partial charge is 0.376 e. The van der Waals surface area contributed by atoms with E-state index in [2.05, 4.69) is 16.0 Å². The second kappa shape index (κ2) is 8.77. The average molecular weight is 347 g/mol. The van der Waals surface area contributed by atoms with E-state index in [1.54, 1.807) is 12.1 Å². The lowest BCUT2D eigenvalue weighted by atomic mass is 10.1. The number of carbonyl (C=O) groups excluding carboxylic acids is 2. The number of nitrogens with one attached hydrogen (secondary N) is 3. The molecule has 2 aromatic rings. The Morgan fingerprint density at radius 2 is 1.76 bits per heavy atom. The molecule has 0 radical (unpaired) electrons. The van der Waals surface area contributed by atoms with Crippen molar-refractivity contribution in [3.05, 3.63) is 59.7 Å². The smallest absolute Gasteiger partial charge is 0.239 e. The summed E-state index contributed by atoms with van der Waals surface area (Å²) in [5.41, 5.74) is 1.49. The second-order valence-electron chi connectivity index (χ2n) is 5.46. The van der Waals surface area contributed by atoms with Gasteiger partial charge in [0.05, 0.1) is 12.2 Å². The first-order chi connectivity index (χ1) is 11.9. The van der Waals surface area contributed by atoms with Crippen LogP contribution in [0.15, 0.2) is 42.5 Å².